The van der Waals surface area contributed by atoms with E-state index in [4.69, 9.17) is 14.2 Å². The predicted octanol–water partition coefficient (Wildman–Crippen LogP) is 5.07. The number of aliphatic hydroxyl groups excluding tert-OH is 1. The maximum atomic E-state index is 13.9. The van der Waals surface area contributed by atoms with Gasteiger partial charge in [0.05, 0.1) is 19.7 Å². The van der Waals surface area contributed by atoms with E-state index in [0.717, 1.165) is 46.9 Å². The summed E-state index contributed by atoms with van der Waals surface area (Å²) in [6.45, 7) is 2.13. The maximum absolute atomic E-state index is 13.9. The Bertz CT molecular complexity index is 1350. The standard InChI is InChI=1S/C32H35N3O5/c1-38-27-12-8-24(9-13-27)35(25-10-14-28(39-2)15-11-25)32(37)23-16-19-34(20-17-23)21-26(36)22-40-31-7-3-6-30-29(31)5-4-18-33-30/h3-15,18,23,26,36H,16-17,19-22H2,1-2H3. The van der Waals surface area contributed by atoms with E-state index in [1.807, 2.05) is 78.9 Å². The smallest absolute Gasteiger partial charge is 0.234 e. The molecule has 40 heavy (non-hydrogen) atoms. The van der Waals surface area contributed by atoms with Crippen LogP contribution in [0.5, 0.6) is 17.2 Å². The van der Waals surface area contributed by atoms with Crippen LogP contribution in [0.3, 0.4) is 0 Å². The summed E-state index contributed by atoms with van der Waals surface area (Å²) in [4.78, 5) is 22.2. The predicted molar refractivity (Wildman–Crippen MR) is 156 cm³/mol. The lowest BCUT2D eigenvalue weighted by atomic mass is 9.94. The van der Waals surface area contributed by atoms with Crippen molar-refractivity contribution in [1.29, 1.82) is 0 Å². The third-order valence-electron chi connectivity index (χ3n) is 7.32. The molecule has 0 aliphatic carbocycles. The van der Waals surface area contributed by atoms with Crippen molar-refractivity contribution in [2.45, 2.75) is 18.9 Å². The van der Waals surface area contributed by atoms with E-state index in [2.05, 4.69) is 9.88 Å². The summed E-state index contributed by atoms with van der Waals surface area (Å²) in [5, 5.41) is 11.6. The number of carbonyl (C=O) groups is 1. The number of β-amino-alcohol motifs (C(OH)–C–C–N with tert-alkyl or cyclic N) is 1. The van der Waals surface area contributed by atoms with Gasteiger partial charge in [0.15, 0.2) is 0 Å². The number of piperidine rings is 1. The van der Waals surface area contributed by atoms with Gasteiger partial charge in [0.1, 0.15) is 30.0 Å². The molecule has 3 aromatic carbocycles. The Balaban J connectivity index is 1.20. The molecule has 1 saturated heterocycles. The Morgan fingerprint density at radius 3 is 2.15 bits per heavy atom. The highest BCUT2D eigenvalue weighted by Gasteiger charge is 2.31. The highest BCUT2D eigenvalue weighted by atomic mass is 16.5. The number of ether oxygens (including phenoxy) is 3. The van der Waals surface area contributed by atoms with E-state index in [1.165, 1.54) is 0 Å². The highest BCUT2D eigenvalue weighted by Crippen LogP contribution is 2.33. The summed E-state index contributed by atoms with van der Waals surface area (Å²) in [6, 6.07) is 24.6. The van der Waals surface area contributed by atoms with E-state index in [9.17, 15) is 9.90 Å². The fourth-order valence-electron chi connectivity index (χ4n) is 5.15. The van der Waals surface area contributed by atoms with Crippen LogP contribution in [0.1, 0.15) is 12.8 Å². The zero-order valence-corrected chi connectivity index (χ0v) is 22.9. The lowest BCUT2D eigenvalue weighted by molar-refractivity contribution is -0.123. The van der Waals surface area contributed by atoms with E-state index in [-0.39, 0.29) is 18.4 Å². The molecule has 208 valence electrons. The van der Waals surface area contributed by atoms with Gasteiger partial charge in [-0.3, -0.25) is 14.7 Å². The minimum Gasteiger partial charge on any atom is -0.497 e. The Hall–Kier alpha value is -4.14. The van der Waals surface area contributed by atoms with Crippen LogP contribution >= 0.6 is 0 Å². The summed E-state index contributed by atoms with van der Waals surface area (Å²) in [7, 11) is 3.25. The van der Waals surface area contributed by atoms with Crippen LogP contribution in [0.15, 0.2) is 85.1 Å². The van der Waals surface area contributed by atoms with Crippen molar-refractivity contribution < 1.29 is 24.1 Å². The molecule has 1 atom stereocenters. The summed E-state index contributed by atoms with van der Waals surface area (Å²) < 4.78 is 16.6. The second kappa shape index (κ2) is 12.8. The fraction of sp³-hybridized carbons (Fsp3) is 0.312. The van der Waals surface area contributed by atoms with Gasteiger partial charge >= 0.3 is 0 Å². The molecule has 4 aromatic rings. The molecule has 2 heterocycles. The van der Waals surface area contributed by atoms with Gasteiger partial charge < -0.3 is 24.2 Å². The number of methoxy groups -OCH3 is 2. The summed E-state index contributed by atoms with van der Waals surface area (Å²) in [5.74, 6) is 2.12. The van der Waals surface area contributed by atoms with Gasteiger partial charge in [-0.1, -0.05) is 6.07 Å². The third kappa shape index (κ3) is 6.35. The largest absolute Gasteiger partial charge is 0.497 e. The van der Waals surface area contributed by atoms with Crippen molar-refractivity contribution in [3.8, 4) is 17.2 Å². The van der Waals surface area contributed by atoms with Crippen LogP contribution in [0.25, 0.3) is 10.9 Å². The van der Waals surface area contributed by atoms with E-state index >= 15 is 0 Å². The maximum Gasteiger partial charge on any atom is 0.234 e. The Kier molecular flexibility index (Phi) is 8.78. The zero-order chi connectivity index (χ0) is 27.9. The molecule has 1 aromatic heterocycles. The van der Waals surface area contributed by atoms with Crippen LogP contribution in [-0.2, 0) is 4.79 Å². The van der Waals surface area contributed by atoms with Crippen LogP contribution in [0.4, 0.5) is 11.4 Å². The number of aromatic nitrogens is 1. The molecule has 1 N–H and O–H groups in total. The molecule has 1 amide bonds. The SMILES string of the molecule is COc1ccc(N(C(=O)C2CCN(CC(O)COc3cccc4ncccc34)CC2)c2ccc(OC)cc2)cc1. The molecule has 0 bridgehead atoms. The van der Waals surface area contributed by atoms with E-state index in [1.54, 1.807) is 25.3 Å². The van der Waals surface area contributed by atoms with Crippen LogP contribution in [0, 0.1) is 5.92 Å². The first-order valence-corrected chi connectivity index (χ1v) is 13.5. The van der Waals surface area contributed by atoms with Crippen molar-refractivity contribution in [3.05, 3.63) is 85.1 Å². The molecular formula is C32H35N3O5. The number of pyridine rings is 1. The van der Waals surface area contributed by atoms with Gasteiger partial charge in [-0.25, -0.2) is 0 Å². The van der Waals surface area contributed by atoms with Gasteiger partial charge in [-0.15, -0.1) is 0 Å². The highest BCUT2D eigenvalue weighted by molar-refractivity contribution is 6.02. The molecule has 1 aliphatic rings. The summed E-state index contributed by atoms with van der Waals surface area (Å²) >= 11 is 0. The zero-order valence-electron chi connectivity index (χ0n) is 22.9. The third-order valence-corrected chi connectivity index (χ3v) is 7.32. The Morgan fingerprint density at radius 2 is 1.55 bits per heavy atom. The van der Waals surface area contributed by atoms with Crippen molar-refractivity contribution in [1.82, 2.24) is 9.88 Å². The van der Waals surface area contributed by atoms with Crippen molar-refractivity contribution in [2.75, 3.05) is 45.4 Å². The van der Waals surface area contributed by atoms with E-state index in [0.29, 0.717) is 25.1 Å². The van der Waals surface area contributed by atoms with Crippen molar-refractivity contribution in [3.63, 3.8) is 0 Å². The Labute approximate surface area is 234 Å². The number of hydrogen-bond donors (Lipinski definition) is 1. The van der Waals surface area contributed by atoms with Gasteiger partial charge in [-0.2, -0.15) is 0 Å². The molecule has 5 rings (SSSR count). The number of hydrogen-bond acceptors (Lipinski definition) is 7. The number of amides is 1. The fourth-order valence-corrected chi connectivity index (χ4v) is 5.15. The second-order valence-electron chi connectivity index (χ2n) is 9.94. The number of anilines is 2. The monoisotopic (exact) mass is 541 g/mol. The van der Waals surface area contributed by atoms with Gasteiger partial charge in [0, 0.05) is 35.4 Å². The average molecular weight is 542 g/mol. The number of nitrogens with zero attached hydrogens (tertiary/aromatic N) is 3. The van der Waals surface area contributed by atoms with Crippen molar-refractivity contribution >= 4 is 28.2 Å². The van der Waals surface area contributed by atoms with Gasteiger partial charge in [0.2, 0.25) is 5.91 Å². The van der Waals surface area contributed by atoms with Crippen LogP contribution in [0.2, 0.25) is 0 Å². The lowest BCUT2D eigenvalue weighted by Gasteiger charge is -2.35. The van der Waals surface area contributed by atoms with Gasteiger partial charge in [-0.05, 0) is 98.7 Å². The minimum atomic E-state index is -0.644. The van der Waals surface area contributed by atoms with Crippen LogP contribution in [-0.4, -0.2) is 67.5 Å². The number of rotatable bonds is 10. The molecule has 1 unspecified atom stereocenters. The molecular weight excluding hydrogens is 506 g/mol. The van der Waals surface area contributed by atoms with Crippen LogP contribution < -0.4 is 19.1 Å². The quantitative estimate of drug-likeness (QED) is 0.300. The normalized spacial score (nSPS) is 15.0. The Morgan fingerprint density at radius 1 is 0.925 bits per heavy atom. The number of aliphatic hydroxyl groups is 1. The first-order valence-electron chi connectivity index (χ1n) is 13.5. The molecule has 1 fully saturated rings. The summed E-state index contributed by atoms with van der Waals surface area (Å²) in [5.41, 5.74) is 2.43. The second-order valence-corrected chi connectivity index (χ2v) is 9.94. The van der Waals surface area contributed by atoms with E-state index < -0.39 is 6.10 Å². The topological polar surface area (TPSA) is 84.4 Å². The molecule has 0 saturated carbocycles. The number of benzene rings is 3. The minimum absolute atomic E-state index is 0.0587. The molecule has 0 radical (unpaired) electrons. The number of fused-ring (bicyclic) bond motifs is 1. The summed E-state index contributed by atoms with van der Waals surface area (Å²) in [6.07, 6.45) is 2.53. The molecule has 8 heteroatoms. The molecule has 1 aliphatic heterocycles. The molecule has 8 nitrogen and oxygen atoms in total. The number of carbonyl (C=O) groups excluding carboxylic acids is 1. The first-order chi connectivity index (χ1) is 19.6. The number of likely N-dealkylation sites (tertiary alicyclic amines) is 1. The average Bonchev–Trinajstić information content (AvgIpc) is 3.01. The molecule has 0 spiro atoms. The lowest BCUT2D eigenvalue weighted by Crippen LogP contribution is -2.44. The van der Waals surface area contributed by atoms with Crippen molar-refractivity contribution in [2.24, 2.45) is 5.92 Å². The van der Waals surface area contributed by atoms with Gasteiger partial charge in [0.25, 0.3) is 0 Å². The first kappa shape index (κ1) is 27.4.